The van der Waals surface area contributed by atoms with Gasteiger partial charge in [-0.25, -0.2) is 4.39 Å². The molecule has 0 aromatic heterocycles. The molecule has 0 unspecified atom stereocenters. The van der Waals surface area contributed by atoms with E-state index >= 15 is 4.39 Å². The molecule has 2 nitrogen and oxygen atoms in total. The Morgan fingerprint density at radius 1 is 0.641 bits per heavy atom. The predicted octanol–water partition coefficient (Wildman–Crippen LogP) is 9.79. The first-order chi connectivity index (χ1) is 19.3. The summed E-state index contributed by atoms with van der Waals surface area (Å²) in [6, 6.07) is 33.6. The van der Waals surface area contributed by atoms with Crippen LogP contribution < -0.4 is 9.80 Å². The van der Waals surface area contributed by atoms with E-state index in [2.05, 4.69) is 101 Å². The van der Waals surface area contributed by atoms with Crippen LogP contribution in [0, 0.1) is 5.82 Å². The summed E-state index contributed by atoms with van der Waals surface area (Å²) >= 11 is 0. The third-order valence-corrected chi connectivity index (χ3v) is 8.36. The lowest BCUT2D eigenvalue weighted by atomic mass is 9.92. The van der Waals surface area contributed by atoms with Gasteiger partial charge in [0.25, 0.3) is 0 Å². The predicted molar refractivity (Wildman–Crippen MR) is 162 cm³/mol. The van der Waals surface area contributed by atoms with E-state index in [1.54, 1.807) is 12.1 Å². The van der Waals surface area contributed by atoms with Crippen LogP contribution in [0.3, 0.4) is 0 Å². The molecule has 8 rings (SSSR count). The second-order valence-corrected chi connectivity index (χ2v) is 10.5. The molecule has 0 saturated carbocycles. The van der Waals surface area contributed by atoms with Crippen molar-refractivity contribution in [3.8, 4) is 0 Å². The molecule has 1 heterocycles. The number of para-hydroxylation sites is 2. The number of allylic oxidation sites excluding steroid dienone is 3. The van der Waals surface area contributed by atoms with E-state index in [0.29, 0.717) is 5.69 Å². The standard InChI is InChI=1S/C36H27FN2/c37-30-11-5-7-13-34(30)39(27-9-2-1-3-10-27)33-21-17-26-14-18-28-32(38-23-22-24-8-4-6-12-31(24)38)20-16-25-15-19-29(33)36(26)35(25)28/h2,4-21H,1,3,22-23H2. The number of fused-ring (bicyclic) bond motifs is 1. The lowest BCUT2D eigenvalue weighted by Crippen LogP contribution is -2.18. The molecule has 0 atom stereocenters. The van der Waals surface area contributed by atoms with Gasteiger partial charge in [0.15, 0.2) is 0 Å². The number of halogens is 1. The van der Waals surface area contributed by atoms with Gasteiger partial charge in [0, 0.05) is 34.4 Å². The largest absolute Gasteiger partial charge is 0.340 e. The molecule has 39 heavy (non-hydrogen) atoms. The van der Waals surface area contributed by atoms with Gasteiger partial charge >= 0.3 is 0 Å². The third kappa shape index (κ3) is 3.39. The van der Waals surface area contributed by atoms with Crippen molar-refractivity contribution in [1.29, 1.82) is 0 Å². The van der Waals surface area contributed by atoms with Crippen LogP contribution in [0.15, 0.2) is 121 Å². The molecule has 0 fully saturated rings. The first kappa shape index (κ1) is 22.4. The van der Waals surface area contributed by atoms with Crippen molar-refractivity contribution >= 4 is 55.1 Å². The molecule has 6 aromatic carbocycles. The Morgan fingerprint density at radius 3 is 2.23 bits per heavy atom. The van der Waals surface area contributed by atoms with Gasteiger partial charge in [-0.3, -0.25) is 0 Å². The van der Waals surface area contributed by atoms with Crippen LogP contribution in [-0.4, -0.2) is 6.54 Å². The van der Waals surface area contributed by atoms with Gasteiger partial charge < -0.3 is 9.80 Å². The minimum atomic E-state index is -0.224. The average Bonchev–Trinajstić information content (AvgIpc) is 3.42. The smallest absolute Gasteiger partial charge is 0.147 e. The van der Waals surface area contributed by atoms with Gasteiger partial charge in [-0.05, 0) is 82.8 Å². The number of benzene rings is 6. The van der Waals surface area contributed by atoms with E-state index in [9.17, 15) is 0 Å². The van der Waals surface area contributed by atoms with Crippen molar-refractivity contribution in [3.63, 3.8) is 0 Å². The number of hydrogen-bond donors (Lipinski definition) is 0. The van der Waals surface area contributed by atoms with Crippen LogP contribution in [-0.2, 0) is 6.42 Å². The fraction of sp³-hybridized carbons (Fsp3) is 0.111. The van der Waals surface area contributed by atoms with E-state index in [1.165, 1.54) is 43.9 Å². The number of rotatable bonds is 4. The van der Waals surface area contributed by atoms with Gasteiger partial charge in [0.05, 0.1) is 11.4 Å². The van der Waals surface area contributed by atoms with Crippen LogP contribution in [0.2, 0.25) is 0 Å². The van der Waals surface area contributed by atoms with E-state index < -0.39 is 0 Å². The monoisotopic (exact) mass is 506 g/mol. The summed E-state index contributed by atoms with van der Waals surface area (Å²) in [5.41, 5.74) is 6.53. The minimum absolute atomic E-state index is 0.224. The molecule has 188 valence electrons. The molecular weight excluding hydrogens is 479 g/mol. The van der Waals surface area contributed by atoms with E-state index in [-0.39, 0.29) is 5.82 Å². The van der Waals surface area contributed by atoms with Crippen molar-refractivity contribution in [2.45, 2.75) is 19.3 Å². The van der Waals surface area contributed by atoms with Crippen LogP contribution in [0.4, 0.5) is 27.1 Å². The Morgan fingerprint density at radius 2 is 1.38 bits per heavy atom. The lowest BCUT2D eigenvalue weighted by Gasteiger charge is -2.30. The molecule has 1 aliphatic carbocycles. The third-order valence-electron chi connectivity index (χ3n) is 8.36. The summed E-state index contributed by atoms with van der Waals surface area (Å²) in [6.45, 7) is 0.982. The first-order valence-corrected chi connectivity index (χ1v) is 13.8. The molecule has 0 bridgehead atoms. The maximum absolute atomic E-state index is 15.3. The van der Waals surface area contributed by atoms with Gasteiger partial charge in [0.2, 0.25) is 0 Å². The molecule has 0 radical (unpaired) electrons. The number of nitrogens with zero attached hydrogens (tertiary/aromatic N) is 2. The minimum Gasteiger partial charge on any atom is -0.340 e. The molecule has 0 saturated heterocycles. The van der Waals surface area contributed by atoms with Crippen molar-refractivity contribution in [2.24, 2.45) is 0 Å². The van der Waals surface area contributed by atoms with Crippen molar-refractivity contribution in [3.05, 3.63) is 132 Å². The molecular formula is C36H27FN2. The highest BCUT2D eigenvalue weighted by Gasteiger charge is 2.24. The molecule has 0 amide bonds. The number of hydrogen-bond acceptors (Lipinski definition) is 2. The van der Waals surface area contributed by atoms with Crippen LogP contribution in [0.5, 0.6) is 0 Å². The van der Waals surface area contributed by atoms with E-state index in [4.69, 9.17) is 0 Å². The summed E-state index contributed by atoms with van der Waals surface area (Å²) in [6.07, 6.45) is 9.53. The van der Waals surface area contributed by atoms with E-state index in [0.717, 1.165) is 42.6 Å². The molecule has 0 N–H and O–H groups in total. The molecule has 1 aliphatic heterocycles. The van der Waals surface area contributed by atoms with Crippen molar-refractivity contribution < 1.29 is 4.39 Å². The highest BCUT2D eigenvalue weighted by atomic mass is 19.1. The number of anilines is 4. The van der Waals surface area contributed by atoms with Crippen LogP contribution in [0.1, 0.15) is 18.4 Å². The van der Waals surface area contributed by atoms with Gasteiger partial charge in [0.1, 0.15) is 5.82 Å². The Kier molecular flexibility index (Phi) is 4.99. The maximum Gasteiger partial charge on any atom is 0.147 e. The molecule has 0 spiro atoms. The van der Waals surface area contributed by atoms with Gasteiger partial charge in [-0.15, -0.1) is 0 Å². The SMILES string of the molecule is Fc1ccccc1N(C1=CCCC=C1)c1ccc2ccc3c(N4CCc5ccccc54)ccc4ccc1c2c43. The average molecular weight is 507 g/mol. The van der Waals surface area contributed by atoms with E-state index in [1.807, 2.05) is 12.1 Å². The summed E-state index contributed by atoms with van der Waals surface area (Å²) in [5.74, 6) is -0.224. The topological polar surface area (TPSA) is 6.48 Å². The summed E-state index contributed by atoms with van der Waals surface area (Å²) in [5, 5.41) is 7.33. The normalized spacial score (nSPS) is 14.9. The second-order valence-electron chi connectivity index (χ2n) is 10.5. The second kappa shape index (κ2) is 8.71. The van der Waals surface area contributed by atoms with Gasteiger partial charge in [-0.1, -0.05) is 78.9 Å². The molecule has 6 aromatic rings. The highest BCUT2D eigenvalue weighted by Crippen LogP contribution is 2.46. The van der Waals surface area contributed by atoms with Crippen molar-refractivity contribution in [2.75, 3.05) is 16.3 Å². The summed E-state index contributed by atoms with van der Waals surface area (Å²) < 4.78 is 15.3. The quantitative estimate of drug-likeness (QED) is 0.220. The first-order valence-electron chi connectivity index (χ1n) is 13.8. The zero-order valence-corrected chi connectivity index (χ0v) is 21.6. The summed E-state index contributed by atoms with van der Waals surface area (Å²) in [4.78, 5) is 4.56. The zero-order chi connectivity index (χ0) is 25.9. The highest BCUT2D eigenvalue weighted by molar-refractivity contribution is 6.27. The van der Waals surface area contributed by atoms with Crippen LogP contribution >= 0.6 is 0 Å². The fourth-order valence-electron chi connectivity index (χ4n) is 6.60. The fourth-order valence-corrected chi connectivity index (χ4v) is 6.60. The Hall–Kier alpha value is -4.63. The molecule has 3 heteroatoms. The Bertz CT molecular complexity index is 1950. The Labute approximate surface area is 227 Å². The maximum atomic E-state index is 15.3. The van der Waals surface area contributed by atoms with Crippen LogP contribution in [0.25, 0.3) is 32.3 Å². The Balaban J connectivity index is 1.40. The van der Waals surface area contributed by atoms with Gasteiger partial charge in [-0.2, -0.15) is 0 Å². The summed E-state index contributed by atoms with van der Waals surface area (Å²) in [7, 11) is 0. The zero-order valence-electron chi connectivity index (χ0n) is 21.6. The lowest BCUT2D eigenvalue weighted by molar-refractivity contribution is 0.628. The molecule has 2 aliphatic rings. The van der Waals surface area contributed by atoms with Crippen molar-refractivity contribution in [1.82, 2.24) is 0 Å².